The molecule has 0 aliphatic carbocycles. The summed E-state index contributed by atoms with van der Waals surface area (Å²) in [5.74, 6) is 0.133. The van der Waals surface area contributed by atoms with Crippen molar-refractivity contribution < 1.29 is 9.18 Å². The molecule has 6 rings (SSSR count). The van der Waals surface area contributed by atoms with Crippen LogP contribution < -0.4 is 16.2 Å². The fourth-order valence-electron chi connectivity index (χ4n) is 6.21. The highest BCUT2D eigenvalue weighted by atomic mass is 19.1. The highest BCUT2D eigenvalue weighted by molar-refractivity contribution is 5.94. The molecule has 0 radical (unpaired) electrons. The summed E-state index contributed by atoms with van der Waals surface area (Å²) in [4.78, 5) is 35.4. The van der Waals surface area contributed by atoms with Crippen LogP contribution in [0.3, 0.4) is 0 Å². The van der Waals surface area contributed by atoms with Crippen molar-refractivity contribution in [1.29, 1.82) is 0 Å². The minimum absolute atomic E-state index is 0.0615. The number of allylic oxidation sites excluding steroid dienone is 1. The Morgan fingerprint density at radius 1 is 0.927 bits per heavy atom. The summed E-state index contributed by atoms with van der Waals surface area (Å²) in [6, 6.07) is 10.5. The number of nitrogens with one attached hydrogen (secondary N) is 2. The molecular weight excluding hydrogens is 519 g/mol. The van der Waals surface area contributed by atoms with Crippen molar-refractivity contribution in [3.05, 3.63) is 69.5 Å². The van der Waals surface area contributed by atoms with E-state index in [1.165, 1.54) is 44.8 Å². The van der Waals surface area contributed by atoms with Crippen molar-refractivity contribution in [1.82, 2.24) is 24.7 Å². The maximum atomic E-state index is 14.9. The first-order valence-electron chi connectivity index (χ1n) is 15.1. The highest BCUT2D eigenvalue weighted by Crippen LogP contribution is 2.29. The molecule has 0 spiro atoms. The fraction of sp³-hybridized carbons (Fsp3) is 0.469. The average Bonchev–Trinajstić information content (AvgIpc) is 3.76. The van der Waals surface area contributed by atoms with E-state index in [0.717, 1.165) is 43.7 Å². The van der Waals surface area contributed by atoms with Crippen LogP contribution in [0.25, 0.3) is 22.6 Å². The molecule has 2 N–H and O–H groups in total. The number of nitrogens with zero attached hydrogens (tertiary/aromatic N) is 4. The number of halogens is 1. The molecule has 2 aromatic carbocycles. The number of anilines is 1. The monoisotopic (exact) mass is 558 g/mol. The molecule has 3 aromatic rings. The summed E-state index contributed by atoms with van der Waals surface area (Å²) in [6.07, 6.45) is 8.64. The van der Waals surface area contributed by atoms with Gasteiger partial charge in [0.15, 0.2) is 0 Å². The van der Waals surface area contributed by atoms with Gasteiger partial charge >= 0.3 is 0 Å². The number of aromatic nitrogens is 2. The van der Waals surface area contributed by atoms with Gasteiger partial charge in [-0.05, 0) is 113 Å². The molecule has 3 aliphatic heterocycles. The Hall–Kier alpha value is -3.56. The third-order valence-electron chi connectivity index (χ3n) is 8.53. The van der Waals surface area contributed by atoms with Gasteiger partial charge in [-0.15, -0.1) is 0 Å². The lowest BCUT2D eigenvalue weighted by atomic mass is 10.1. The highest BCUT2D eigenvalue weighted by Gasteiger charge is 2.22. The van der Waals surface area contributed by atoms with E-state index in [4.69, 9.17) is 4.98 Å². The van der Waals surface area contributed by atoms with Crippen molar-refractivity contribution in [2.75, 3.05) is 57.7 Å². The third kappa shape index (κ3) is 6.36. The number of fused-ring (bicyclic) bond motifs is 2. The van der Waals surface area contributed by atoms with E-state index in [-0.39, 0.29) is 11.5 Å². The van der Waals surface area contributed by atoms with E-state index in [2.05, 4.69) is 20.4 Å². The summed E-state index contributed by atoms with van der Waals surface area (Å²) >= 11 is 0. The van der Waals surface area contributed by atoms with Crippen LogP contribution in [0, 0.1) is 5.82 Å². The van der Waals surface area contributed by atoms with Gasteiger partial charge in [0, 0.05) is 31.7 Å². The SMILES string of the molecule is O=C(NCCCN1CCCC1)c1ccc(/C=C2\CCn3c2nc2cc(NCCN4CCCC4)c(F)cc2c3=O)cc1. The maximum Gasteiger partial charge on any atom is 0.261 e. The zero-order valence-electron chi connectivity index (χ0n) is 23.6. The van der Waals surface area contributed by atoms with E-state index in [1.54, 1.807) is 10.6 Å². The molecule has 4 heterocycles. The van der Waals surface area contributed by atoms with Crippen molar-refractivity contribution in [3.8, 4) is 0 Å². The minimum Gasteiger partial charge on any atom is -0.381 e. The van der Waals surface area contributed by atoms with Gasteiger partial charge in [-0.1, -0.05) is 12.1 Å². The summed E-state index contributed by atoms with van der Waals surface area (Å²) in [6.45, 7) is 8.26. The molecular formula is C32H39FN6O2. The van der Waals surface area contributed by atoms with Crippen molar-refractivity contribution in [2.45, 2.75) is 45.1 Å². The molecule has 8 nitrogen and oxygen atoms in total. The normalized spacial score (nSPS) is 18.4. The van der Waals surface area contributed by atoms with E-state index in [9.17, 15) is 14.0 Å². The molecule has 0 unspecified atom stereocenters. The lowest BCUT2D eigenvalue weighted by Gasteiger charge is -2.16. The molecule has 216 valence electrons. The summed E-state index contributed by atoms with van der Waals surface area (Å²) in [5, 5.41) is 6.52. The Labute approximate surface area is 240 Å². The minimum atomic E-state index is -0.428. The smallest absolute Gasteiger partial charge is 0.261 e. The second kappa shape index (κ2) is 12.5. The van der Waals surface area contributed by atoms with E-state index in [1.807, 2.05) is 30.3 Å². The molecule has 41 heavy (non-hydrogen) atoms. The Bertz CT molecular complexity index is 1490. The van der Waals surface area contributed by atoms with E-state index < -0.39 is 5.82 Å². The average molecular weight is 559 g/mol. The van der Waals surface area contributed by atoms with Gasteiger partial charge in [-0.2, -0.15) is 0 Å². The number of carbonyl (C=O) groups is 1. The Kier molecular flexibility index (Phi) is 8.43. The van der Waals surface area contributed by atoms with Gasteiger partial charge in [0.1, 0.15) is 11.6 Å². The van der Waals surface area contributed by atoms with Crippen LogP contribution in [0.4, 0.5) is 10.1 Å². The summed E-state index contributed by atoms with van der Waals surface area (Å²) in [5.41, 5.74) is 3.19. The zero-order valence-corrected chi connectivity index (χ0v) is 23.6. The van der Waals surface area contributed by atoms with Gasteiger partial charge in [-0.3, -0.25) is 14.2 Å². The lowest BCUT2D eigenvalue weighted by Crippen LogP contribution is -2.28. The number of likely N-dealkylation sites (tertiary alicyclic amines) is 2. The molecule has 9 heteroatoms. The molecule has 1 amide bonds. The first-order chi connectivity index (χ1) is 20.0. The third-order valence-corrected chi connectivity index (χ3v) is 8.53. The number of benzene rings is 2. The zero-order chi connectivity index (χ0) is 28.2. The van der Waals surface area contributed by atoms with Gasteiger partial charge in [0.2, 0.25) is 0 Å². The molecule has 3 aliphatic rings. The molecule has 0 bridgehead atoms. The lowest BCUT2D eigenvalue weighted by molar-refractivity contribution is 0.0952. The quantitative estimate of drug-likeness (QED) is 0.363. The number of carbonyl (C=O) groups excluding carboxylic acids is 1. The molecule has 1 aromatic heterocycles. The second-order valence-corrected chi connectivity index (χ2v) is 11.4. The van der Waals surface area contributed by atoms with Crippen LogP contribution in [0.5, 0.6) is 0 Å². The number of hydrogen-bond acceptors (Lipinski definition) is 6. The van der Waals surface area contributed by atoms with Crippen LogP contribution >= 0.6 is 0 Å². The van der Waals surface area contributed by atoms with Crippen LogP contribution in [-0.4, -0.2) is 77.6 Å². The predicted molar refractivity (Wildman–Crippen MR) is 162 cm³/mol. The number of rotatable bonds is 10. The van der Waals surface area contributed by atoms with Gasteiger partial charge in [-0.25, -0.2) is 9.37 Å². The van der Waals surface area contributed by atoms with E-state index >= 15 is 0 Å². The Morgan fingerprint density at radius 3 is 2.37 bits per heavy atom. The van der Waals surface area contributed by atoms with Crippen LogP contribution in [0.15, 0.2) is 41.2 Å². The van der Waals surface area contributed by atoms with Crippen LogP contribution in [0.1, 0.15) is 60.3 Å². The first kappa shape index (κ1) is 27.6. The van der Waals surface area contributed by atoms with Gasteiger partial charge < -0.3 is 20.4 Å². The van der Waals surface area contributed by atoms with Crippen molar-refractivity contribution in [3.63, 3.8) is 0 Å². The Morgan fingerprint density at radius 2 is 1.63 bits per heavy atom. The van der Waals surface area contributed by atoms with E-state index in [0.29, 0.717) is 54.0 Å². The topological polar surface area (TPSA) is 82.5 Å². The predicted octanol–water partition coefficient (Wildman–Crippen LogP) is 4.20. The summed E-state index contributed by atoms with van der Waals surface area (Å²) < 4.78 is 16.5. The number of amides is 1. The standard InChI is InChI=1S/C32H39FN6O2/c33-27-21-26-28(22-29(27)34-12-19-38-15-3-4-16-38)36-30-25(10-18-39(30)32(26)41)20-23-6-8-24(9-7-23)31(40)35-11-5-17-37-13-1-2-14-37/h6-9,20-22,34H,1-5,10-19H2,(H,35,40)/b25-20+. The van der Waals surface area contributed by atoms with Gasteiger partial charge in [0.05, 0.1) is 16.6 Å². The molecule has 0 saturated carbocycles. The number of hydrogen-bond donors (Lipinski definition) is 2. The maximum absolute atomic E-state index is 14.9. The molecule has 2 fully saturated rings. The van der Waals surface area contributed by atoms with Crippen LogP contribution in [-0.2, 0) is 6.54 Å². The first-order valence-corrected chi connectivity index (χ1v) is 15.1. The fourth-order valence-corrected chi connectivity index (χ4v) is 6.21. The summed E-state index contributed by atoms with van der Waals surface area (Å²) in [7, 11) is 0. The van der Waals surface area contributed by atoms with Crippen molar-refractivity contribution >= 4 is 34.1 Å². The Balaban J connectivity index is 1.13. The molecule has 2 saturated heterocycles. The van der Waals surface area contributed by atoms with Crippen LogP contribution in [0.2, 0.25) is 0 Å². The van der Waals surface area contributed by atoms with Crippen molar-refractivity contribution in [2.24, 2.45) is 0 Å². The second-order valence-electron chi connectivity index (χ2n) is 11.4. The van der Waals surface area contributed by atoms with Gasteiger partial charge in [0.25, 0.3) is 11.5 Å². The molecule has 0 atom stereocenters. The largest absolute Gasteiger partial charge is 0.381 e.